The van der Waals surface area contributed by atoms with E-state index in [9.17, 15) is 9.59 Å². The van der Waals surface area contributed by atoms with Crippen molar-refractivity contribution in [2.45, 2.75) is 20.0 Å². The molecule has 0 radical (unpaired) electrons. The van der Waals surface area contributed by atoms with Gasteiger partial charge in [0.2, 0.25) is 0 Å². The number of methoxy groups -OCH3 is 1. The van der Waals surface area contributed by atoms with Crippen molar-refractivity contribution >= 4 is 29.4 Å². The number of esters is 1. The third-order valence-electron chi connectivity index (χ3n) is 2.05. The Morgan fingerprint density at radius 3 is 2.47 bits per heavy atom. The number of nitrogen functional groups attached to an aromatic ring is 1. The Bertz CT molecular complexity index is 501. The Hall–Kier alpha value is -1.95. The van der Waals surface area contributed by atoms with Crippen molar-refractivity contribution in [3.05, 3.63) is 22.7 Å². The van der Waals surface area contributed by atoms with Crippen molar-refractivity contribution in [2.24, 2.45) is 0 Å². The van der Waals surface area contributed by atoms with E-state index in [-0.39, 0.29) is 22.0 Å². The predicted octanol–water partition coefficient (Wildman–Crippen LogP) is 2.63. The zero-order chi connectivity index (χ0) is 14.6. The molecule has 0 spiro atoms. The Labute approximate surface area is 115 Å². The molecule has 104 valence electrons. The Kier molecular flexibility index (Phi) is 5.00. The average Bonchev–Trinajstić information content (AvgIpc) is 2.30. The normalized spacial score (nSPS) is 10.2. The second kappa shape index (κ2) is 6.29. The van der Waals surface area contributed by atoms with Crippen LogP contribution in [0.15, 0.2) is 12.1 Å². The van der Waals surface area contributed by atoms with Crippen LogP contribution in [0.3, 0.4) is 0 Å². The van der Waals surface area contributed by atoms with Crippen LogP contribution >= 0.6 is 11.6 Å². The lowest BCUT2D eigenvalue weighted by molar-refractivity contribution is 0.0281. The highest BCUT2D eigenvalue weighted by molar-refractivity contribution is 6.33. The van der Waals surface area contributed by atoms with Crippen LogP contribution in [-0.2, 0) is 9.47 Å². The van der Waals surface area contributed by atoms with Gasteiger partial charge in [-0.3, -0.25) is 0 Å². The van der Waals surface area contributed by atoms with E-state index in [1.807, 2.05) is 0 Å². The van der Waals surface area contributed by atoms with Crippen LogP contribution in [0.25, 0.3) is 0 Å². The number of carbonyl (C=O) groups is 2. The molecule has 0 aromatic heterocycles. The van der Waals surface area contributed by atoms with Gasteiger partial charge in [-0.2, -0.15) is 0 Å². The van der Waals surface area contributed by atoms with Crippen LogP contribution in [0.4, 0.5) is 10.5 Å². The van der Waals surface area contributed by atoms with E-state index in [0.29, 0.717) is 0 Å². The standard InChI is InChI=1S/C12H14ClNO5/c1-6(2)18-12(16)19-11(15)7-4-8(13)9(14)5-10(7)17-3/h4-6H,14H2,1-3H3. The molecule has 0 bridgehead atoms. The molecule has 0 saturated carbocycles. The molecule has 19 heavy (non-hydrogen) atoms. The Morgan fingerprint density at radius 2 is 1.95 bits per heavy atom. The van der Waals surface area contributed by atoms with Crippen molar-refractivity contribution < 1.29 is 23.8 Å². The van der Waals surface area contributed by atoms with E-state index in [2.05, 4.69) is 9.47 Å². The van der Waals surface area contributed by atoms with Gasteiger partial charge < -0.3 is 19.9 Å². The van der Waals surface area contributed by atoms with Crippen LogP contribution in [0.2, 0.25) is 5.02 Å². The van der Waals surface area contributed by atoms with Gasteiger partial charge in [0.25, 0.3) is 0 Å². The molecule has 7 heteroatoms. The number of hydrogen-bond donors (Lipinski definition) is 1. The summed E-state index contributed by atoms with van der Waals surface area (Å²) < 4.78 is 14.2. The van der Waals surface area contributed by atoms with Crippen molar-refractivity contribution in [2.75, 3.05) is 12.8 Å². The molecule has 1 aromatic rings. The number of carbonyl (C=O) groups excluding carboxylic acids is 2. The number of rotatable bonds is 3. The minimum Gasteiger partial charge on any atom is -0.496 e. The molecule has 2 N–H and O–H groups in total. The van der Waals surface area contributed by atoms with Crippen molar-refractivity contribution in [3.63, 3.8) is 0 Å². The number of hydrogen-bond acceptors (Lipinski definition) is 6. The fourth-order valence-electron chi connectivity index (χ4n) is 1.24. The molecule has 0 fully saturated rings. The summed E-state index contributed by atoms with van der Waals surface area (Å²) in [5, 5.41) is 0.157. The maximum atomic E-state index is 11.8. The molecular weight excluding hydrogens is 274 g/mol. The van der Waals surface area contributed by atoms with E-state index in [0.717, 1.165) is 0 Å². The molecule has 0 atom stereocenters. The van der Waals surface area contributed by atoms with E-state index in [1.54, 1.807) is 13.8 Å². The number of nitrogens with two attached hydrogens (primary N) is 1. The third-order valence-corrected chi connectivity index (χ3v) is 2.37. The number of halogens is 1. The number of benzene rings is 1. The first-order valence-corrected chi connectivity index (χ1v) is 5.78. The summed E-state index contributed by atoms with van der Waals surface area (Å²) in [6.07, 6.45) is -1.48. The summed E-state index contributed by atoms with van der Waals surface area (Å²) in [6, 6.07) is 2.63. The second-order valence-electron chi connectivity index (χ2n) is 3.88. The largest absolute Gasteiger partial charge is 0.516 e. The highest BCUT2D eigenvalue weighted by atomic mass is 35.5. The van der Waals surface area contributed by atoms with Crippen LogP contribution in [-0.4, -0.2) is 25.3 Å². The topological polar surface area (TPSA) is 87.9 Å². The lowest BCUT2D eigenvalue weighted by Gasteiger charge is -2.10. The van der Waals surface area contributed by atoms with Crippen molar-refractivity contribution in [1.29, 1.82) is 0 Å². The molecule has 0 aliphatic heterocycles. The Morgan fingerprint density at radius 1 is 1.32 bits per heavy atom. The van der Waals surface area contributed by atoms with E-state index < -0.39 is 18.2 Å². The van der Waals surface area contributed by atoms with Crippen LogP contribution in [0.1, 0.15) is 24.2 Å². The monoisotopic (exact) mass is 287 g/mol. The van der Waals surface area contributed by atoms with E-state index in [4.69, 9.17) is 22.1 Å². The summed E-state index contributed by atoms with van der Waals surface area (Å²) in [5.41, 5.74) is 5.81. The SMILES string of the molecule is COc1cc(N)c(Cl)cc1C(=O)OC(=O)OC(C)C. The van der Waals surface area contributed by atoms with Gasteiger partial charge in [-0.05, 0) is 19.9 Å². The zero-order valence-electron chi connectivity index (χ0n) is 10.7. The minimum absolute atomic E-state index is 0.0117. The van der Waals surface area contributed by atoms with Gasteiger partial charge >= 0.3 is 12.1 Å². The molecule has 1 rings (SSSR count). The van der Waals surface area contributed by atoms with Gasteiger partial charge in [0, 0.05) is 6.07 Å². The maximum absolute atomic E-state index is 11.8. The lowest BCUT2D eigenvalue weighted by atomic mass is 10.2. The highest BCUT2D eigenvalue weighted by Gasteiger charge is 2.20. The fraction of sp³-hybridized carbons (Fsp3) is 0.333. The summed E-state index contributed by atoms with van der Waals surface area (Å²) in [5.74, 6) is -0.770. The predicted molar refractivity (Wildman–Crippen MR) is 69.4 cm³/mol. The average molecular weight is 288 g/mol. The maximum Gasteiger partial charge on any atom is 0.516 e. The quantitative estimate of drug-likeness (QED) is 0.522. The molecule has 0 heterocycles. The summed E-state index contributed by atoms with van der Waals surface area (Å²) in [7, 11) is 1.35. The van der Waals surface area contributed by atoms with Gasteiger partial charge in [0.15, 0.2) is 0 Å². The van der Waals surface area contributed by atoms with Crippen molar-refractivity contribution in [3.8, 4) is 5.75 Å². The van der Waals surface area contributed by atoms with Crippen molar-refractivity contribution in [1.82, 2.24) is 0 Å². The molecule has 0 saturated heterocycles. The van der Waals surface area contributed by atoms with E-state index in [1.165, 1.54) is 19.2 Å². The molecule has 0 unspecified atom stereocenters. The summed E-state index contributed by atoms with van der Waals surface area (Å²) >= 11 is 5.80. The van der Waals surface area contributed by atoms with Crippen LogP contribution in [0, 0.1) is 0 Å². The second-order valence-corrected chi connectivity index (χ2v) is 4.29. The Balaban J connectivity index is 2.93. The minimum atomic E-state index is -1.09. The van der Waals surface area contributed by atoms with Gasteiger partial charge in [-0.25, -0.2) is 9.59 Å². The molecule has 0 amide bonds. The first-order valence-electron chi connectivity index (χ1n) is 5.41. The molecule has 1 aromatic carbocycles. The molecule has 6 nitrogen and oxygen atoms in total. The van der Waals surface area contributed by atoms with Crippen LogP contribution < -0.4 is 10.5 Å². The smallest absolute Gasteiger partial charge is 0.496 e. The van der Waals surface area contributed by atoms with Gasteiger partial charge in [0.1, 0.15) is 11.3 Å². The first-order chi connectivity index (χ1) is 8.85. The highest BCUT2D eigenvalue weighted by Crippen LogP contribution is 2.29. The summed E-state index contributed by atoms with van der Waals surface area (Å²) in [4.78, 5) is 23.0. The summed E-state index contributed by atoms with van der Waals surface area (Å²) in [6.45, 7) is 3.26. The molecule has 0 aliphatic carbocycles. The molecule has 0 aliphatic rings. The lowest BCUT2D eigenvalue weighted by Crippen LogP contribution is -2.18. The fourth-order valence-corrected chi connectivity index (χ4v) is 1.41. The number of anilines is 1. The van der Waals surface area contributed by atoms with Gasteiger partial charge in [0.05, 0.1) is 23.9 Å². The third kappa shape index (κ3) is 4.03. The first kappa shape index (κ1) is 15.1. The van der Waals surface area contributed by atoms with Crippen LogP contribution in [0.5, 0.6) is 5.75 Å². The van der Waals surface area contributed by atoms with E-state index >= 15 is 0 Å². The van der Waals surface area contributed by atoms with Gasteiger partial charge in [-0.1, -0.05) is 11.6 Å². The van der Waals surface area contributed by atoms with Gasteiger partial charge in [-0.15, -0.1) is 0 Å². The number of ether oxygens (including phenoxy) is 3. The molecular formula is C12H14ClNO5. The zero-order valence-corrected chi connectivity index (χ0v) is 11.5.